The van der Waals surface area contributed by atoms with Crippen molar-refractivity contribution < 1.29 is 31.0 Å². The topological polar surface area (TPSA) is 12.4 Å². The van der Waals surface area contributed by atoms with Gasteiger partial charge in [-0.25, -0.2) is 0 Å². The van der Waals surface area contributed by atoms with Crippen LogP contribution in [0.4, 0.5) is 0 Å². The van der Waals surface area contributed by atoms with E-state index in [2.05, 4.69) is 18.8 Å². The molecule has 0 unspecified atom stereocenters. The molecular formula is C8H18NNa. The van der Waals surface area contributed by atoms with E-state index in [-0.39, 0.29) is 31.0 Å². The van der Waals surface area contributed by atoms with Crippen LogP contribution < -0.4 is 29.6 Å². The van der Waals surface area contributed by atoms with E-state index in [4.69, 9.17) is 0 Å². The fourth-order valence-electron chi connectivity index (χ4n) is 0.673. The van der Waals surface area contributed by atoms with Crippen molar-refractivity contribution in [1.29, 1.82) is 0 Å². The summed E-state index contributed by atoms with van der Waals surface area (Å²) in [5, 5.41) is 0. The van der Waals surface area contributed by atoms with Crippen molar-refractivity contribution in [1.82, 2.24) is 0 Å². The average Bonchev–Trinajstić information content (AvgIpc) is 1.89. The van der Waals surface area contributed by atoms with Crippen LogP contribution in [0.2, 0.25) is 0 Å². The molecule has 0 aliphatic carbocycles. The second kappa shape index (κ2) is 12.4. The summed E-state index contributed by atoms with van der Waals surface area (Å²) in [5.74, 6) is 0. The molecule has 0 bridgehead atoms. The van der Waals surface area contributed by atoms with Gasteiger partial charge in [-0.3, -0.25) is 4.99 Å². The van der Waals surface area contributed by atoms with Crippen molar-refractivity contribution in [2.75, 3.05) is 6.54 Å². The number of aliphatic imine (C=N–C) groups is 1. The third-order valence-corrected chi connectivity index (χ3v) is 1.20. The number of rotatable bonds is 5. The smallest absolute Gasteiger partial charge is 1.00 e. The van der Waals surface area contributed by atoms with Crippen LogP contribution in [-0.2, 0) is 0 Å². The predicted octanol–water partition coefficient (Wildman–Crippen LogP) is -0.226. The zero-order chi connectivity index (χ0) is 6.95. The van der Waals surface area contributed by atoms with Crippen LogP contribution >= 0.6 is 0 Å². The van der Waals surface area contributed by atoms with Gasteiger partial charge in [-0.1, -0.05) is 26.7 Å². The van der Waals surface area contributed by atoms with Gasteiger partial charge < -0.3 is 1.43 Å². The van der Waals surface area contributed by atoms with Gasteiger partial charge in [0.1, 0.15) is 0 Å². The number of nitrogens with zero attached hydrogens (tertiary/aromatic N) is 1. The van der Waals surface area contributed by atoms with Gasteiger partial charge in [0, 0.05) is 6.54 Å². The van der Waals surface area contributed by atoms with Crippen LogP contribution in [0.3, 0.4) is 0 Å². The van der Waals surface area contributed by atoms with E-state index < -0.39 is 0 Å². The zero-order valence-corrected chi connectivity index (χ0v) is 9.56. The normalized spacial score (nSPS) is 9.80. The van der Waals surface area contributed by atoms with Gasteiger partial charge in [-0.15, -0.1) is 0 Å². The maximum atomic E-state index is 4.20. The summed E-state index contributed by atoms with van der Waals surface area (Å²) in [5.41, 5.74) is 0. The Bertz CT molecular complexity index is 76.5. The summed E-state index contributed by atoms with van der Waals surface area (Å²) in [6.07, 6.45) is 6.94. The molecule has 0 aromatic heterocycles. The van der Waals surface area contributed by atoms with E-state index in [9.17, 15) is 0 Å². The first-order chi connectivity index (χ1) is 4.41. The van der Waals surface area contributed by atoms with E-state index in [0.29, 0.717) is 0 Å². The van der Waals surface area contributed by atoms with Gasteiger partial charge in [0.2, 0.25) is 0 Å². The van der Waals surface area contributed by atoms with Crippen LogP contribution in [0.1, 0.15) is 41.0 Å². The van der Waals surface area contributed by atoms with Gasteiger partial charge in [0.15, 0.2) is 0 Å². The molecule has 0 rings (SSSR count). The molecule has 0 aromatic rings. The van der Waals surface area contributed by atoms with Crippen molar-refractivity contribution in [3.63, 3.8) is 0 Å². The quantitative estimate of drug-likeness (QED) is 0.292. The molecule has 0 spiro atoms. The molecule has 0 heterocycles. The van der Waals surface area contributed by atoms with E-state index in [1.54, 1.807) is 0 Å². The average molecular weight is 151 g/mol. The second-order valence-corrected chi connectivity index (χ2v) is 2.20. The number of unbranched alkanes of at least 4 members (excludes halogenated alkanes) is 2. The Hall–Kier alpha value is 0.670. The Balaban J connectivity index is -0.000000320. The standard InChI is InChI=1S/C8H17N.Na.H/c1-3-5-6-8-9-7-4-2;;/h7H,3-6,8H2,1-2H3;;/q;+1;-1. The molecular weight excluding hydrogens is 133 g/mol. The van der Waals surface area contributed by atoms with Gasteiger partial charge >= 0.3 is 29.6 Å². The van der Waals surface area contributed by atoms with E-state index in [0.717, 1.165) is 13.0 Å². The number of hydrogen-bond acceptors (Lipinski definition) is 1. The van der Waals surface area contributed by atoms with Crippen molar-refractivity contribution >= 4 is 6.21 Å². The maximum Gasteiger partial charge on any atom is 1.00 e. The third-order valence-electron chi connectivity index (χ3n) is 1.20. The van der Waals surface area contributed by atoms with Crippen molar-refractivity contribution in [2.45, 2.75) is 39.5 Å². The minimum Gasteiger partial charge on any atom is -1.00 e. The maximum absolute atomic E-state index is 4.20. The van der Waals surface area contributed by atoms with Crippen LogP contribution in [0.15, 0.2) is 4.99 Å². The summed E-state index contributed by atoms with van der Waals surface area (Å²) in [4.78, 5) is 4.20. The number of hydrogen-bond donors (Lipinski definition) is 0. The fraction of sp³-hybridized carbons (Fsp3) is 0.875. The van der Waals surface area contributed by atoms with Gasteiger partial charge in [0.05, 0.1) is 0 Å². The summed E-state index contributed by atoms with van der Waals surface area (Å²) in [6, 6.07) is 0. The second-order valence-electron chi connectivity index (χ2n) is 2.20. The van der Waals surface area contributed by atoms with Crippen LogP contribution in [0.25, 0.3) is 0 Å². The molecule has 0 saturated carbocycles. The Morgan fingerprint density at radius 1 is 1.30 bits per heavy atom. The van der Waals surface area contributed by atoms with E-state index in [1.165, 1.54) is 19.3 Å². The molecule has 0 aliphatic heterocycles. The molecule has 0 fully saturated rings. The molecule has 0 N–H and O–H groups in total. The van der Waals surface area contributed by atoms with Gasteiger partial charge in [0.25, 0.3) is 0 Å². The fourth-order valence-corrected chi connectivity index (χ4v) is 0.673. The molecule has 2 heteroatoms. The molecule has 56 valence electrons. The van der Waals surface area contributed by atoms with Crippen molar-refractivity contribution in [2.24, 2.45) is 4.99 Å². The Morgan fingerprint density at radius 2 is 2.00 bits per heavy atom. The molecule has 0 aromatic carbocycles. The Kier molecular flexibility index (Phi) is 16.4. The minimum atomic E-state index is 0. The summed E-state index contributed by atoms with van der Waals surface area (Å²) < 4.78 is 0. The largest absolute Gasteiger partial charge is 1.00 e. The van der Waals surface area contributed by atoms with E-state index in [1.807, 2.05) is 6.21 Å². The first kappa shape index (κ1) is 13.3. The third kappa shape index (κ3) is 11.5. The minimum absolute atomic E-state index is 0. The first-order valence-corrected chi connectivity index (χ1v) is 3.90. The van der Waals surface area contributed by atoms with Crippen molar-refractivity contribution in [3.8, 4) is 0 Å². The first-order valence-electron chi connectivity index (χ1n) is 3.90. The van der Waals surface area contributed by atoms with Gasteiger partial charge in [-0.05, 0) is 19.1 Å². The van der Waals surface area contributed by atoms with Crippen LogP contribution in [0, 0.1) is 0 Å². The van der Waals surface area contributed by atoms with Crippen LogP contribution in [-0.4, -0.2) is 12.8 Å². The van der Waals surface area contributed by atoms with E-state index >= 15 is 0 Å². The molecule has 0 atom stereocenters. The zero-order valence-electron chi connectivity index (χ0n) is 8.56. The molecule has 1 nitrogen and oxygen atoms in total. The summed E-state index contributed by atoms with van der Waals surface area (Å²) in [6.45, 7) is 5.36. The van der Waals surface area contributed by atoms with Crippen LogP contribution in [0.5, 0.6) is 0 Å². The Labute approximate surface area is 88.1 Å². The molecule has 10 heavy (non-hydrogen) atoms. The SMILES string of the molecule is CCC=NCCCCC.[H-].[Na+]. The van der Waals surface area contributed by atoms with Crippen molar-refractivity contribution in [3.05, 3.63) is 0 Å². The summed E-state index contributed by atoms with van der Waals surface area (Å²) in [7, 11) is 0. The molecule has 0 radical (unpaired) electrons. The molecule has 0 amide bonds. The molecule has 0 saturated heterocycles. The summed E-state index contributed by atoms with van der Waals surface area (Å²) >= 11 is 0. The Morgan fingerprint density at radius 3 is 2.50 bits per heavy atom. The predicted molar refractivity (Wildman–Crippen MR) is 44.3 cm³/mol. The molecule has 0 aliphatic rings. The monoisotopic (exact) mass is 151 g/mol. The van der Waals surface area contributed by atoms with Gasteiger partial charge in [-0.2, -0.15) is 0 Å².